The molecule has 1 fully saturated rings. The van der Waals surface area contributed by atoms with Gasteiger partial charge in [0.2, 0.25) is 0 Å². The molecule has 5 heteroatoms. The molecule has 0 bridgehead atoms. The second kappa shape index (κ2) is 6.11. The molecule has 0 unspecified atom stereocenters. The van der Waals surface area contributed by atoms with Gasteiger partial charge in [0.05, 0.1) is 7.11 Å². The number of rotatable bonds is 4. The van der Waals surface area contributed by atoms with E-state index in [0.717, 1.165) is 26.2 Å². The molecule has 1 heterocycles. The Morgan fingerprint density at radius 2 is 2.00 bits per heavy atom. The molecule has 1 saturated heterocycles. The van der Waals surface area contributed by atoms with E-state index in [4.69, 9.17) is 4.74 Å². The molecule has 2 rings (SSSR count). The quantitative estimate of drug-likeness (QED) is 0.882. The number of ether oxygens (including phenoxy) is 1. The zero-order valence-electron chi connectivity index (χ0n) is 10.5. The number of piperazine rings is 1. The first-order valence-corrected chi connectivity index (χ1v) is 6.16. The lowest BCUT2D eigenvalue weighted by Gasteiger charge is -2.27. The predicted molar refractivity (Wildman–Crippen MR) is 65.9 cm³/mol. The Morgan fingerprint density at radius 3 is 2.67 bits per heavy atom. The number of methoxy groups -OCH3 is 1. The van der Waals surface area contributed by atoms with Crippen molar-refractivity contribution in [2.24, 2.45) is 0 Å². The van der Waals surface area contributed by atoms with Crippen LogP contribution in [0.4, 0.5) is 8.78 Å². The molecule has 1 aliphatic heterocycles. The Morgan fingerprint density at radius 1 is 1.28 bits per heavy atom. The number of nitrogens with one attached hydrogen (secondary N) is 1. The Labute approximate surface area is 106 Å². The first-order valence-electron chi connectivity index (χ1n) is 6.16. The molecular weight excluding hydrogens is 238 g/mol. The van der Waals surface area contributed by atoms with Crippen LogP contribution in [0, 0.1) is 11.6 Å². The van der Waals surface area contributed by atoms with Crippen molar-refractivity contribution in [3.8, 4) is 5.75 Å². The summed E-state index contributed by atoms with van der Waals surface area (Å²) in [5, 5.41) is 3.24. The van der Waals surface area contributed by atoms with Gasteiger partial charge in [0.15, 0.2) is 11.6 Å². The molecule has 1 aliphatic rings. The molecule has 0 radical (unpaired) electrons. The maximum Gasteiger partial charge on any atom is 0.171 e. The minimum atomic E-state index is -0.576. The highest BCUT2D eigenvalue weighted by Crippen LogP contribution is 2.23. The second-order valence-corrected chi connectivity index (χ2v) is 4.38. The monoisotopic (exact) mass is 256 g/mol. The minimum Gasteiger partial charge on any atom is -0.494 e. The Kier molecular flexibility index (Phi) is 4.49. The summed E-state index contributed by atoms with van der Waals surface area (Å²) >= 11 is 0. The van der Waals surface area contributed by atoms with Gasteiger partial charge in [-0.25, -0.2) is 8.78 Å². The molecule has 18 heavy (non-hydrogen) atoms. The summed E-state index contributed by atoms with van der Waals surface area (Å²) in [6, 6.07) is 2.58. The second-order valence-electron chi connectivity index (χ2n) is 4.38. The van der Waals surface area contributed by atoms with E-state index in [2.05, 4.69) is 10.2 Å². The van der Waals surface area contributed by atoms with E-state index in [1.807, 2.05) is 0 Å². The third kappa shape index (κ3) is 2.97. The van der Waals surface area contributed by atoms with Crippen LogP contribution < -0.4 is 10.1 Å². The molecule has 100 valence electrons. The summed E-state index contributed by atoms with van der Waals surface area (Å²) in [6.07, 6.45) is 0.370. The van der Waals surface area contributed by atoms with Gasteiger partial charge in [-0.3, -0.25) is 0 Å². The standard InChI is InChI=1S/C13H18F2N2O/c1-18-12-3-2-11(14)10(13(12)15)4-7-17-8-5-16-6-9-17/h2-3,16H,4-9H2,1H3. The fourth-order valence-corrected chi connectivity index (χ4v) is 2.17. The van der Waals surface area contributed by atoms with Gasteiger partial charge in [-0.2, -0.15) is 0 Å². The lowest BCUT2D eigenvalue weighted by atomic mass is 10.1. The first-order chi connectivity index (χ1) is 8.72. The van der Waals surface area contributed by atoms with Crippen molar-refractivity contribution in [3.63, 3.8) is 0 Å². The molecule has 1 aromatic carbocycles. The lowest BCUT2D eigenvalue weighted by Crippen LogP contribution is -2.44. The van der Waals surface area contributed by atoms with Gasteiger partial charge >= 0.3 is 0 Å². The summed E-state index contributed by atoms with van der Waals surface area (Å²) in [4.78, 5) is 2.20. The normalized spacial score (nSPS) is 16.8. The van der Waals surface area contributed by atoms with Crippen molar-refractivity contribution in [1.82, 2.24) is 10.2 Å². The van der Waals surface area contributed by atoms with E-state index >= 15 is 0 Å². The zero-order chi connectivity index (χ0) is 13.0. The molecule has 0 amide bonds. The van der Waals surface area contributed by atoms with Crippen LogP contribution in [0.5, 0.6) is 5.75 Å². The highest BCUT2D eigenvalue weighted by Gasteiger charge is 2.16. The highest BCUT2D eigenvalue weighted by molar-refractivity contribution is 5.32. The Hall–Kier alpha value is -1.20. The number of hydrogen-bond donors (Lipinski definition) is 1. The molecular formula is C13H18F2N2O. The van der Waals surface area contributed by atoms with Crippen LogP contribution in [0.1, 0.15) is 5.56 Å². The zero-order valence-corrected chi connectivity index (χ0v) is 10.5. The number of hydrogen-bond acceptors (Lipinski definition) is 3. The van der Waals surface area contributed by atoms with Crippen LogP contribution in [0.15, 0.2) is 12.1 Å². The average molecular weight is 256 g/mol. The van der Waals surface area contributed by atoms with Crippen molar-refractivity contribution in [2.75, 3.05) is 39.8 Å². The number of halogens is 2. The Balaban J connectivity index is 2.03. The van der Waals surface area contributed by atoms with Gasteiger partial charge in [-0.05, 0) is 18.6 Å². The number of benzene rings is 1. The van der Waals surface area contributed by atoms with Gasteiger partial charge in [0, 0.05) is 38.3 Å². The largest absolute Gasteiger partial charge is 0.494 e. The topological polar surface area (TPSA) is 24.5 Å². The van der Waals surface area contributed by atoms with E-state index in [0.29, 0.717) is 13.0 Å². The van der Waals surface area contributed by atoms with E-state index in [-0.39, 0.29) is 11.3 Å². The van der Waals surface area contributed by atoms with E-state index in [1.165, 1.54) is 19.2 Å². The molecule has 1 N–H and O–H groups in total. The van der Waals surface area contributed by atoms with Gasteiger partial charge in [0.1, 0.15) is 5.82 Å². The molecule has 3 nitrogen and oxygen atoms in total. The van der Waals surface area contributed by atoms with Gasteiger partial charge in [-0.15, -0.1) is 0 Å². The van der Waals surface area contributed by atoms with Crippen LogP contribution in [0.25, 0.3) is 0 Å². The molecule has 0 atom stereocenters. The molecule has 0 aliphatic carbocycles. The predicted octanol–water partition coefficient (Wildman–Crippen LogP) is 1.42. The van der Waals surface area contributed by atoms with Crippen LogP contribution in [0.2, 0.25) is 0 Å². The molecule has 1 aromatic rings. The summed E-state index contributed by atoms with van der Waals surface area (Å²) in [5.41, 5.74) is 0.118. The third-order valence-corrected chi connectivity index (χ3v) is 3.26. The summed E-state index contributed by atoms with van der Waals surface area (Å²) in [7, 11) is 1.39. The number of nitrogens with zero attached hydrogens (tertiary/aromatic N) is 1. The maximum atomic E-state index is 13.9. The van der Waals surface area contributed by atoms with Crippen LogP contribution in [0.3, 0.4) is 0 Å². The maximum absolute atomic E-state index is 13.9. The van der Waals surface area contributed by atoms with Gasteiger partial charge in [0.25, 0.3) is 0 Å². The van der Waals surface area contributed by atoms with Crippen molar-refractivity contribution < 1.29 is 13.5 Å². The van der Waals surface area contributed by atoms with Crippen LogP contribution >= 0.6 is 0 Å². The van der Waals surface area contributed by atoms with Crippen molar-refractivity contribution in [1.29, 1.82) is 0 Å². The van der Waals surface area contributed by atoms with Crippen LogP contribution in [-0.2, 0) is 6.42 Å². The van der Waals surface area contributed by atoms with E-state index in [9.17, 15) is 8.78 Å². The smallest absolute Gasteiger partial charge is 0.171 e. The molecule has 0 aromatic heterocycles. The third-order valence-electron chi connectivity index (χ3n) is 3.26. The van der Waals surface area contributed by atoms with Gasteiger partial charge in [-0.1, -0.05) is 0 Å². The first kappa shape index (κ1) is 13.2. The minimum absolute atomic E-state index is 0.103. The molecule has 0 spiro atoms. The fourth-order valence-electron chi connectivity index (χ4n) is 2.17. The van der Waals surface area contributed by atoms with Crippen molar-refractivity contribution in [2.45, 2.75) is 6.42 Å². The Bertz CT molecular complexity index is 406. The fraction of sp³-hybridized carbons (Fsp3) is 0.538. The summed E-state index contributed by atoms with van der Waals surface area (Å²) < 4.78 is 32.4. The summed E-state index contributed by atoms with van der Waals surface area (Å²) in [6.45, 7) is 4.38. The van der Waals surface area contributed by atoms with Crippen LogP contribution in [-0.4, -0.2) is 44.7 Å². The lowest BCUT2D eigenvalue weighted by molar-refractivity contribution is 0.242. The average Bonchev–Trinajstić information content (AvgIpc) is 2.40. The van der Waals surface area contributed by atoms with Gasteiger partial charge < -0.3 is 15.0 Å². The summed E-state index contributed by atoms with van der Waals surface area (Å²) in [5.74, 6) is -0.970. The van der Waals surface area contributed by atoms with Crippen molar-refractivity contribution in [3.05, 3.63) is 29.3 Å². The highest BCUT2D eigenvalue weighted by atomic mass is 19.1. The SMILES string of the molecule is COc1ccc(F)c(CCN2CCNCC2)c1F. The molecule has 0 saturated carbocycles. The van der Waals surface area contributed by atoms with Crippen molar-refractivity contribution >= 4 is 0 Å². The van der Waals surface area contributed by atoms with E-state index < -0.39 is 11.6 Å². The van der Waals surface area contributed by atoms with E-state index in [1.54, 1.807) is 0 Å².